The Morgan fingerprint density at radius 1 is 1.06 bits per heavy atom. The summed E-state index contributed by atoms with van der Waals surface area (Å²) in [5, 5.41) is 31.2. The molecule has 0 saturated heterocycles. The first-order valence-electron chi connectivity index (χ1n) is 12.3. The molecule has 0 aliphatic heterocycles. The van der Waals surface area contributed by atoms with Gasteiger partial charge in [-0.05, 0) is 89.0 Å². The number of unbranched alkanes of at least 4 members (excludes halogenated alkanes) is 1. The van der Waals surface area contributed by atoms with Crippen LogP contribution in [0.25, 0.3) is 0 Å². The molecule has 0 unspecified atom stereocenters. The fraction of sp³-hybridized carbons (Fsp3) is 0.667. The molecule has 1 aliphatic rings. The van der Waals surface area contributed by atoms with Gasteiger partial charge < -0.3 is 20.1 Å². The van der Waals surface area contributed by atoms with E-state index in [9.17, 15) is 20.1 Å². The van der Waals surface area contributed by atoms with Crippen molar-refractivity contribution in [1.82, 2.24) is 0 Å². The molecule has 1 aromatic rings. The zero-order chi connectivity index (χ0) is 23.3. The van der Waals surface area contributed by atoms with Crippen molar-refractivity contribution in [2.24, 2.45) is 11.8 Å². The van der Waals surface area contributed by atoms with Gasteiger partial charge in [-0.2, -0.15) is 0 Å². The summed E-state index contributed by atoms with van der Waals surface area (Å²) in [5.41, 5.74) is 1.29. The first kappa shape index (κ1) is 26.6. The molecule has 1 fully saturated rings. The Hall–Kier alpha value is -1.69. The second-order valence-electron chi connectivity index (χ2n) is 9.45. The SMILES string of the molecule is CC(C)OC(=O)CCC/C=C\C[C@@H]1[C@@H](CC[C@@H](O)CCCc2ccccc2)[C@H](O)C[C@@H]1O. The molecule has 180 valence electrons. The first-order valence-corrected chi connectivity index (χ1v) is 12.3. The first-order chi connectivity index (χ1) is 15.4. The van der Waals surface area contributed by atoms with Crippen LogP contribution in [0.15, 0.2) is 42.5 Å². The Morgan fingerprint density at radius 3 is 2.50 bits per heavy atom. The summed E-state index contributed by atoms with van der Waals surface area (Å²) in [6, 6.07) is 10.3. The molecule has 5 atom stereocenters. The fourth-order valence-corrected chi connectivity index (χ4v) is 4.68. The van der Waals surface area contributed by atoms with Crippen LogP contribution in [0.5, 0.6) is 0 Å². The monoisotopic (exact) mass is 446 g/mol. The second-order valence-corrected chi connectivity index (χ2v) is 9.45. The van der Waals surface area contributed by atoms with E-state index >= 15 is 0 Å². The maximum atomic E-state index is 11.6. The Morgan fingerprint density at radius 2 is 1.78 bits per heavy atom. The van der Waals surface area contributed by atoms with Crippen molar-refractivity contribution >= 4 is 5.97 Å². The molecule has 0 amide bonds. The van der Waals surface area contributed by atoms with Crippen LogP contribution < -0.4 is 0 Å². The highest BCUT2D eigenvalue weighted by molar-refractivity contribution is 5.69. The van der Waals surface area contributed by atoms with E-state index in [0.29, 0.717) is 25.7 Å². The third-order valence-corrected chi connectivity index (χ3v) is 6.39. The minimum Gasteiger partial charge on any atom is -0.463 e. The van der Waals surface area contributed by atoms with E-state index in [2.05, 4.69) is 24.3 Å². The molecule has 0 radical (unpaired) electrons. The smallest absolute Gasteiger partial charge is 0.306 e. The van der Waals surface area contributed by atoms with Gasteiger partial charge in [0.2, 0.25) is 0 Å². The molecular formula is C27H42O5. The molecule has 5 heteroatoms. The Balaban J connectivity index is 1.67. The number of aryl methyl sites for hydroxylation is 1. The van der Waals surface area contributed by atoms with Crippen molar-refractivity contribution in [3.05, 3.63) is 48.0 Å². The molecule has 1 aliphatic carbocycles. The van der Waals surface area contributed by atoms with Gasteiger partial charge in [-0.25, -0.2) is 0 Å². The lowest BCUT2D eigenvalue weighted by atomic mass is 9.85. The van der Waals surface area contributed by atoms with E-state index in [-0.39, 0.29) is 30.0 Å². The number of carbonyl (C=O) groups excluding carboxylic acids is 1. The highest BCUT2D eigenvalue weighted by atomic mass is 16.5. The minimum atomic E-state index is -0.509. The second kappa shape index (κ2) is 14.5. The van der Waals surface area contributed by atoms with Gasteiger partial charge in [0.05, 0.1) is 24.4 Å². The number of carbonyl (C=O) groups is 1. The number of esters is 1. The van der Waals surface area contributed by atoms with Crippen molar-refractivity contribution in [3.63, 3.8) is 0 Å². The van der Waals surface area contributed by atoms with Crippen LogP contribution in [0, 0.1) is 11.8 Å². The van der Waals surface area contributed by atoms with Crippen molar-refractivity contribution < 1.29 is 24.9 Å². The molecule has 5 nitrogen and oxygen atoms in total. The van der Waals surface area contributed by atoms with Crippen LogP contribution in [0.1, 0.15) is 77.2 Å². The number of hydrogen-bond donors (Lipinski definition) is 3. The van der Waals surface area contributed by atoms with E-state index in [0.717, 1.165) is 38.5 Å². The average molecular weight is 447 g/mol. The standard InChI is InChI=1S/C27H42O5/c1-20(2)32-27(31)16-9-4-3-8-15-23-24(26(30)19-25(23)29)18-17-22(28)14-10-13-21-11-6-5-7-12-21/h3,5-8,11-12,20,22-26,28-30H,4,9-10,13-19H2,1-2H3/b8-3-/t22-,23+,24+,25-,26+/m0/s1. The summed E-state index contributed by atoms with van der Waals surface area (Å²) >= 11 is 0. The van der Waals surface area contributed by atoms with E-state index in [4.69, 9.17) is 4.74 Å². The van der Waals surface area contributed by atoms with Crippen molar-refractivity contribution in [2.45, 2.75) is 102 Å². The lowest BCUT2D eigenvalue weighted by Crippen LogP contribution is -2.23. The molecule has 32 heavy (non-hydrogen) atoms. The van der Waals surface area contributed by atoms with Gasteiger partial charge >= 0.3 is 5.97 Å². The zero-order valence-electron chi connectivity index (χ0n) is 19.7. The molecular weight excluding hydrogens is 404 g/mol. The summed E-state index contributed by atoms with van der Waals surface area (Å²) in [5.74, 6) is -0.131. The predicted molar refractivity (Wildman–Crippen MR) is 127 cm³/mol. The summed E-state index contributed by atoms with van der Waals surface area (Å²) in [7, 11) is 0. The average Bonchev–Trinajstić information content (AvgIpc) is 3.01. The molecule has 1 saturated carbocycles. The predicted octanol–water partition coefficient (Wildman–Crippen LogP) is 4.58. The third-order valence-electron chi connectivity index (χ3n) is 6.39. The molecule has 0 aromatic heterocycles. The highest BCUT2D eigenvalue weighted by Crippen LogP contribution is 2.38. The number of aliphatic hydroxyl groups is 3. The van der Waals surface area contributed by atoms with Crippen LogP contribution in [0.4, 0.5) is 0 Å². The quantitative estimate of drug-likeness (QED) is 0.221. The normalized spacial score (nSPS) is 24.3. The van der Waals surface area contributed by atoms with Crippen LogP contribution >= 0.6 is 0 Å². The van der Waals surface area contributed by atoms with Crippen LogP contribution in [-0.4, -0.2) is 45.7 Å². The number of aliphatic hydroxyl groups excluding tert-OH is 3. The molecule has 0 bridgehead atoms. The molecule has 3 N–H and O–H groups in total. The van der Waals surface area contributed by atoms with Crippen LogP contribution in [0.3, 0.4) is 0 Å². The molecule has 2 rings (SSSR count). The van der Waals surface area contributed by atoms with E-state index in [1.165, 1.54) is 5.56 Å². The van der Waals surface area contributed by atoms with Gasteiger partial charge in [0.25, 0.3) is 0 Å². The topological polar surface area (TPSA) is 87.0 Å². The number of benzene rings is 1. The number of hydrogen-bond acceptors (Lipinski definition) is 5. The van der Waals surface area contributed by atoms with Gasteiger partial charge in [0.1, 0.15) is 0 Å². The van der Waals surface area contributed by atoms with E-state index in [1.807, 2.05) is 32.0 Å². The van der Waals surface area contributed by atoms with Crippen LogP contribution in [0.2, 0.25) is 0 Å². The number of allylic oxidation sites excluding steroid dienone is 2. The van der Waals surface area contributed by atoms with Crippen LogP contribution in [-0.2, 0) is 16.0 Å². The van der Waals surface area contributed by atoms with Gasteiger partial charge in [-0.3, -0.25) is 4.79 Å². The van der Waals surface area contributed by atoms with Crippen molar-refractivity contribution in [1.29, 1.82) is 0 Å². The third kappa shape index (κ3) is 9.85. The van der Waals surface area contributed by atoms with Crippen molar-refractivity contribution in [3.8, 4) is 0 Å². The molecule has 0 heterocycles. The van der Waals surface area contributed by atoms with E-state index < -0.39 is 12.2 Å². The van der Waals surface area contributed by atoms with Gasteiger partial charge in [0.15, 0.2) is 0 Å². The summed E-state index contributed by atoms with van der Waals surface area (Å²) in [4.78, 5) is 11.6. The minimum absolute atomic E-state index is 0.0134. The van der Waals surface area contributed by atoms with Gasteiger partial charge in [0, 0.05) is 6.42 Å². The Kier molecular flexibility index (Phi) is 12.0. The zero-order valence-corrected chi connectivity index (χ0v) is 19.7. The summed E-state index contributed by atoms with van der Waals surface area (Å²) in [6.45, 7) is 3.69. The Labute approximate surface area is 193 Å². The largest absolute Gasteiger partial charge is 0.463 e. The lowest BCUT2D eigenvalue weighted by molar-refractivity contribution is -0.147. The summed E-state index contributed by atoms with van der Waals surface area (Å²) in [6.07, 6.45) is 9.77. The highest BCUT2D eigenvalue weighted by Gasteiger charge is 2.40. The maximum absolute atomic E-state index is 11.6. The molecule has 0 spiro atoms. The maximum Gasteiger partial charge on any atom is 0.306 e. The van der Waals surface area contributed by atoms with Gasteiger partial charge in [-0.15, -0.1) is 0 Å². The summed E-state index contributed by atoms with van der Waals surface area (Å²) < 4.78 is 5.13. The van der Waals surface area contributed by atoms with Gasteiger partial charge in [-0.1, -0.05) is 42.5 Å². The molecule has 1 aromatic carbocycles. The van der Waals surface area contributed by atoms with E-state index in [1.54, 1.807) is 0 Å². The number of rotatable bonds is 14. The lowest BCUT2D eigenvalue weighted by Gasteiger charge is -2.23. The number of ether oxygens (including phenoxy) is 1. The fourth-order valence-electron chi connectivity index (χ4n) is 4.68. The Bertz CT molecular complexity index is 672. The van der Waals surface area contributed by atoms with Crippen molar-refractivity contribution in [2.75, 3.05) is 0 Å².